The summed E-state index contributed by atoms with van der Waals surface area (Å²) < 4.78 is 0. The van der Waals surface area contributed by atoms with Crippen molar-refractivity contribution in [3.8, 4) is 0 Å². The van der Waals surface area contributed by atoms with Crippen molar-refractivity contribution < 1.29 is 0 Å². The molecule has 1 nitrogen and oxygen atoms in total. The van der Waals surface area contributed by atoms with Crippen molar-refractivity contribution in [3.63, 3.8) is 0 Å². The van der Waals surface area contributed by atoms with Gasteiger partial charge < -0.3 is 0 Å². The Labute approximate surface area is 64.2 Å². The molecule has 49 valence electrons. The molecule has 1 aliphatic rings. The fourth-order valence-corrected chi connectivity index (χ4v) is 1.56. The average Bonchev–Trinajstić information content (AvgIpc) is 2.05. The maximum atomic E-state index is 4.20. The molecule has 10 heavy (non-hydrogen) atoms. The van der Waals surface area contributed by atoms with Crippen LogP contribution in [-0.2, 0) is 0 Å². The van der Waals surface area contributed by atoms with E-state index in [9.17, 15) is 0 Å². The van der Waals surface area contributed by atoms with E-state index in [1.54, 1.807) is 11.8 Å². The van der Waals surface area contributed by atoms with Crippen molar-refractivity contribution in [2.24, 2.45) is 0 Å². The van der Waals surface area contributed by atoms with Gasteiger partial charge in [-0.2, -0.15) is 0 Å². The lowest BCUT2D eigenvalue weighted by molar-refractivity contribution is 1.12. The lowest BCUT2D eigenvalue weighted by Crippen LogP contribution is -1.86. The van der Waals surface area contributed by atoms with Crippen LogP contribution >= 0.6 is 11.8 Å². The fraction of sp³-hybridized carbons (Fsp3) is 0. The lowest BCUT2D eigenvalue weighted by atomic mass is 10.2. The largest absolute Gasteiger partial charge is 0.249 e. The van der Waals surface area contributed by atoms with Gasteiger partial charge in [0.2, 0.25) is 0 Å². The summed E-state index contributed by atoms with van der Waals surface area (Å²) >= 11 is 1.67. The minimum absolute atomic E-state index is 1.10. The Hall–Kier alpha value is -0.760. The maximum absolute atomic E-state index is 4.20. The number of fused-ring (bicyclic) bond motifs is 1. The summed E-state index contributed by atoms with van der Waals surface area (Å²) in [6.07, 6.45) is 5.92. The minimum atomic E-state index is 1.10. The minimum Gasteiger partial charge on any atom is -0.249 e. The van der Waals surface area contributed by atoms with Crippen LogP contribution in [0.2, 0.25) is 0 Å². The molecule has 0 saturated carbocycles. The number of pyridine rings is 1. The Morgan fingerprint density at radius 3 is 3.30 bits per heavy atom. The SMILES string of the molecule is [CH]1C=Cc2cccnc2S1. The van der Waals surface area contributed by atoms with Gasteiger partial charge in [0.15, 0.2) is 0 Å². The van der Waals surface area contributed by atoms with Crippen LogP contribution in [0.1, 0.15) is 5.56 Å². The highest BCUT2D eigenvalue weighted by Crippen LogP contribution is 2.27. The summed E-state index contributed by atoms with van der Waals surface area (Å²) in [5, 5.41) is 1.10. The summed E-state index contributed by atoms with van der Waals surface area (Å²) in [6.45, 7) is 0. The lowest BCUT2D eigenvalue weighted by Gasteiger charge is -2.05. The molecule has 0 aromatic carbocycles. The molecular weight excluding hydrogens is 142 g/mol. The van der Waals surface area contributed by atoms with Gasteiger partial charge in [0.1, 0.15) is 5.03 Å². The van der Waals surface area contributed by atoms with E-state index in [0.717, 1.165) is 5.03 Å². The molecule has 0 unspecified atom stereocenters. The quantitative estimate of drug-likeness (QED) is 0.560. The Balaban J connectivity index is 2.54. The van der Waals surface area contributed by atoms with Gasteiger partial charge in [-0.05, 0) is 6.07 Å². The molecule has 0 N–H and O–H groups in total. The van der Waals surface area contributed by atoms with Crippen LogP contribution in [0.3, 0.4) is 0 Å². The average molecular weight is 148 g/mol. The Bertz CT molecular complexity index is 268. The number of hydrogen-bond acceptors (Lipinski definition) is 2. The van der Waals surface area contributed by atoms with E-state index in [0.29, 0.717) is 0 Å². The molecule has 1 aliphatic heterocycles. The standard InChI is InChI=1S/C8H6NS/c1-3-7-4-2-6-10-8(7)9-5-1/h1-6H. The van der Waals surface area contributed by atoms with Crippen molar-refractivity contribution >= 4 is 17.8 Å². The van der Waals surface area contributed by atoms with Gasteiger partial charge in [-0.15, -0.1) is 0 Å². The van der Waals surface area contributed by atoms with Gasteiger partial charge >= 0.3 is 0 Å². The third-order valence-corrected chi connectivity index (χ3v) is 2.19. The van der Waals surface area contributed by atoms with Gasteiger partial charge in [-0.3, -0.25) is 0 Å². The predicted octanol–water partition coefficient (Wildman–Crippen LogP) is 2.36. The molecule has 0 fully saturated rings. The number of nitrogens with zero attached hydrogens (tertiary/aromatic N) is 1. The zero-order valence-corrected chi connectivity index (χ0v) is 6.14. The zero-order valence-electron chi connectivity index (χ0n) is 5.32. The summed E-state index contributed by atoms with van der Waals surface area (Å²) in [6, 6.07) is 4.02. The molecule has 2 heteroatoms. The molecule has 1 radical (unpaired) electrons. The van der Waals surface area contributed by atoms with Crippen LogP contribution in [0.15, 0.2) is 29.4 Å². The van der Waals surface area contributed by atoms with E-state index in [2.05, 4.69) is 17.1 Å². The van der Waals surface area contributed by atoms with Crippen LogP contribution < -0.4 is 0 Å². The number of rotatable bonds is 0. The third-order valence-electron chi connectivity index (χ3n) is 1.33. The highest BCUT2D eigenvalue weighted by molar-refractivity contribution is 8.01. The van der Waals surface area contributed by atoms with E-state index in [-0.39, 0.29) is 0 Å². The van der Waals surface area contributed by atoms with Gasteiger partial charge in [0, 0.05) is 17.5 Å². The molecule has 2 heterocycles. The molecule has 1 aromatic heterocycles. The molecule has 0 amide bonds. The number of aromatic nitrogens is 1. The molecule has 1 aromatic rings. The molecule has 0 aliphatic carbocycles. The monoisotopic (exact) mass is 148 g/mol. The smallest absolute Gasteiger partial charge is 0.104 e. The molecule has 0 atom stereocenters. The van der Waals surface area contributed by atoms with Crippen LogP contribution in [0.25, 0.3) is 6.08 Å². The second kappa shape index (κ2) is 2.46. The van der Waals surface area contributed by atoms with Crippen LogP contribution in [0.4, 0.5) is 0 Å². The van der Waals surface area contributed by atoms with Crippen LogP contribution in [0, 0.1) is 5.75 Å². The summed E-state index contributed by atoms with van der Waals surface area (Å²) in [5.41, 5.74) is 1.22. The fourth-order valence-electron chi connectivity index (χ4n) is 0.875. The second-order valence-corrected chi connectivity index (χ2v) is 2.91. The van der Waals surface area contributed by atoms with Crippen molar-refractivity contribution in [1.82, 2.24) is 4.98 Å². The van der Waals surface area contributed by atoms with E-state index < -0.39 is 0 Å². The maximum Gasteiger partial charge on any atom is 0.104 e. The molecule has 0 saturated heterocycles. The number of hydrogen-bond donors (Lipinski definition) is 0. The Kier molecular flexibility index (Phi) is 1.47. The topological polar surface area (TPSA) is 12.9 Å². The summed E-state index contributed by atoms with van der Waals surface area (Å²) in [5.74, 6) is 2.04. The Morgan fingerprint density at radius 1 is 1.40 bits per heavy atom. The van der Waals surface area contributed by atoms with E-state index in [1.165, 1.54) is 5.56 Å². The normalized spacial score (nSPS) is 14.8. The highest BCUT2D eigenvalue weighted by Gasteiger charge is 2.03. The van der Waals surface area contributed by atoms with Crippen LogP contribution in [-0.4, -0.2) is 4.98 Å². The van der Waals surface area contributed by atoms with Crippen molar-refractivity contribution in [3.05, 3.63) is 35.7 Å². The molecule has 0 bridgehead atoms. The second-order valence-electron chi connectivity index (χ2n) is 2.01. The Morgan fingerprint density at radius 2 is 2.40 bits per heavy atom. The number of thioether (sulfide) groups is 1. The zero-order chi connectivity index (χ0) is 6.81. The van der Waals surface area contributed by atoms with Gasteiger partial charge in [-0.1, -0.05) is 30.0 Å². The molecular formula is C8H6NS. The first-order valence-electron chi connectivity index (χ1n) is 3.08. The van der Waals surface area contributed by atoms with E-state index >= 15 is 0 Å². The van der Waals surface area contributed by atoms with Crippen LogP contribution in [0.5, 0.6) is 0 Å². The van der Waals surface area contributed by atoms with E-state index in [1.807, 2.05) is 24.1 Å². The molecule has 2 rings (SSSR count). The first kappa shape index (κ1) is 5.98. The van der Waals surface area contributed by atoms with Crippen molar-refractivity contribution in [1.29, 1.82) is 0 Å². The van der Waals surface area contributed by atoms with Crippen molar-refractivity contribution in [2.45, 2.75) is 5.03 Å². The van der Waals surface area contributed by atoms with Gasteiger partial charge in [0.25, 0.3) is 0 Å². The van der Waals surface area contributed by atoms with Gasteiger partial charge in [0.05, 0.1) is 0 Å². The third kappa shape index (κ3) is 0.948. The predicted molar refractivity (Wildman–Crippen MR) is 43.4 cm³/mol. The first-order valence-corrected chi connectivity index (χ1v) is 3.96. The summed E-state index contributed by atoms with van der Waals surface area (Å²) in [7, 11) is 0. The van der Waals surface area contributed by atoms with Crippen molar-refractivity contribution in [2.75, 3.05) is 0 Å². The van der Waals surface area contributed by atoms with E-state index in [4.69, 9.17) is 0 Å². The van der Waals surface area contributed by atoms with Gasteiger partial charge in [-0.25, -0.2) is 4.98 Å². The first-order chi connectivity index (χ1) is 4.97. The highest BCUT2D eigenvalue weighted by atomic mass is 32.2. The molecule has 0 spiro atoms. The summed E-state index contributed by atoms with van der Waals surface area (Å²) in [4.78, 5) is 4.20.